The van der Waals surface area contributed by atoms with Crippen LogP contribution in [0.25, 0.3) is 0 Å². The fraction of sp³-hybridized carbons (Fsp3) is 1.00. The highest BCUT2D eigenvalue weighted by Gasteiger charge is 2.29. The number of rotatable bonds is 12. The van der Waals surface area contributed by atoms with Gasteiger partial charge in [0.25, 0.3) is 0 Å². The van der Waals surface area contributed by atoms with Crippen LogP contribution in [0, 0.1) is 0 Å². The first-order valence-electron chi connectivity index (χ1n) is 7.64. The number of unbranched alkanes of at least 4 members (excludes halogenated alkanes) is 5. The topological polar surface area (TPSA) is 66.8 Å². The summed E-state index contributed by atoms with van der Waals surface area (Å²) >= 11 is 0. The second kappa shape index (κ2) is 9.91. The lowest BCUT2D eigenvalue weighted by atomic mass is 10.1. The Labute approximate surface area is 124 Å². The molecule has 0 fully saturated rings. The third kappa shape index (κ3) is 11.9. The summed E-state index contributed by atoms with van der Waals surface area (Å²) in [5.41, 5.74) is 0. The SMILES string of the molecule is CCCCCCCCC(OCC[N+](C)(C)C)P(=O)(O)O. The molecule has 6 heteroatoms. The number of likely N-dealkylation sites (N-methyl/N-ethyl adjacent to an activating group) is 1. The Morgan fingerprint density at radius 2 is 1.60 bits per heavy atom. The van der Waals surface area contributed by atoms with E-state index in [1.165, 1.54) is 19.3 Å². The molecular formula is C14H33NO4P+. The lowest BCUT2D eigenvalue weighted by Crippen LogP contribution is -2.38. The summed E-state index contributed by atoms with van der Waals surface area (Å²) in [7, 11) is 1.95. The maximum absolute atomic E-state index is 11.4. The zero-order valence-corrected chi connectivity index (χ0v) is 14.4. The zero-order chi connectivity index (χ0) is 15.6. The predicted molar refractivity (Wildman–Crippen MR) is 82.7 cm³/mol. The third-order valence-corrected chi connectivity index (χ3v) is 4.41. The van der Waals surface area contributed by atoms with Crippen molar-refractivity contribution in [3.8, 4) is 0 Å². The second-order valence-electron chi connectivity index (χ2n) is 6.48. The lowest BCUT2D eigenvalue weighted by Gasteiger charge is -2.25. The van der Waals surface area contributed by atoms with E-state index in [1.54, 1.807) is 0 Å². The highest BCUT2D eigenvalue weighted by molar-refractivity contribution is 7.52. The number of hydrogen-bond donors (Lipinski definition) is 2. The molecule has 122 valence electrons. The Morgan fingerprint density at radius 1 is 1.05 bits per heavy atom. The summed E-state index contributed by atoms with van der Waals surface area (Å²) in [6, 6.07) is 0. The monoisotopic (exact) mass is 310 g/mol. The first-order valence-corrected chi connectivity index (χ1v) is 9.32. The van der Waals surface area contributed by atoms with Crippen molar-refractivity contribution in [1.29, 1.82) is 0 Å². The third-order valence-electron chi connectivity index (χ3n) is 3.25. The molecule has 20 heavy (non-hydrogen) atoms. The second-order valence-corrected chi connectivity index (χ2v) is 8.24. The van der Waals surface area contributed by atoms with Crippen molar-refractivity contribution in [2.24, 2.45) is 0 Å². The van der Waals surface area contributed by atoms with Crippen LogP contribution in [0.2, 0.25) is 0 Å². The molecular weight excluding hydrogens is 277 g/mol. The molecule has 0 aliphatic carbocycles. The maximum Gasteiger partial charge on any atom is 0.354 e. The summed E-state index contributed by atoms with van der Waals surface area (Å²) in [4.78, 5) is 18.7. The van der Waals surface area contributed by atoms with E-state index in [0.717, 1.165) is 30.3 Å². The molecule has 0 saturated carbocycles. The van der Waals surface area contributed by atoms with E-state index < -0.39 is 13.4 Å². The summed E-state index contributed by atoms with van der Waals surface area (Å²) in [6.45, 7) is 3.30. The smallest absolute Gasteiger partial charge is 0.354 e. The molecule has 5 nitrogen and oxygen atoms in total. The van der Waals surface area contributed by atoms with Gasteiger partial charge in [0.05, 0.1) is 27.7 Å². The minimum absolute atomic E-state index is 0.384. The van der Waals surface area contributed by atoms with Gasteiger partial charge in [-0.25, -0.2) is 0 Å². The summed E-state index contributed by atoms with van der Waals surface area (Å²) in [6.07, 6.45) is 7.09. The number of quaternary nitrogens is 1. The molecule has 0 amide bonds. The van der Waals surface area contributed by atoms with Crippen LogP contribution >= 0.6 is 7.60 Å². The highest BCUT2D eigenvalue weighted by atomic mass is 31.2. The Hall–Kier alpha value is 0.0700. The minimum atomic E-state index is -4.15. The Morgan fingerprint density at radius 3 is 2.10 bits per heavy atom. The van der Waals surface area contributed by atoms with Crippen molar-refractivity contribution in [3.63, 3.8) is 0 Å². The van der Waals surface area contributed by atoms with Gasteiger partial charge in [0, 0.05) is 0 Å². The normalized spacial score (nSPS) is 14.5. The average Bonchev–Trinajstić information content (AvgIpc) is 2.28. The van der Waals surface area contributed by atoms with Gasteiger partial charge in [0.1, 0.15) is 6.54 Å². The molecule has 0 spiro atoms. The van der Waals surface area contributed by atoms with Gasteiger partial charge in [-0.05, 0) is 6.42 Å². The van der Waals surface area contributed by atoms with Crippen LogP contribution in [0.5, 0.6) is 0 Å². The van der Waals surface area contributed by atoms with Crippen LogP contribution in [-0.2, 0) is 9.30 Å². The van der Waals surface area contributed by atoms with Gasteiger partial charge in [0.2, 0.25) is 0 Å². The van der Waals surface area contributed by atoms with E-state index in [4.69, 9.17) is 4.74 Å². The quantitative estimate of drug-likeness (QED) is 0.330. The Balaban J connectivity index is 3.96. The van der Waals surface area contributed by atoms with Crippen molar-refractivity contribution < 1.29 is 23.6 Å². The van der Waals surface area contributed by atoms with Crippen LogP contribution < -0.4 is 0 Å². The van der Waals surface area contributed by atoms with E-state index in [2.05, 4.69) is 6.92 Å². The number of hydrogen-bond acceptors (Lipinski definition) is 2. The molecule has 0 aliphatic heterocycles. The zero-order valence-electron chi connectivity index (χ0n) is 13.5. The van der Waals surface area contributed by atoms with Crippen molar-refractivity contribution in [2.45, 2.75) is 57.7 Å². The van der Waals surface area contributed by atoms with Crippen LogP contribution in [0.1, 0.15) is 51.9 Å². The molecule has 0 rings (SSSR count). The molecule has 0 heterocycles. The Bertz CT molecular complexity index is 285. The predicted octanol–water partition coefficient (Wildman–Crippen LogP) is 2.96. The molecule has 0 bridgehead atoms. The summed E-state index contributed by atoms with van der Waals surface area (Å²) in [5, 5.41) is 0. The van der Waals surface area contributed by atoms with E-state index in [9.17, 15) is 14.4 Å². The number of nitrogens with zero attached hydrogens (tertiary/aromatic N) is 1. The van der Waals surface area contributed by atoms with Crippen molar-refractivity contribution in [2.75, 3.05) is 34.3 Å². The summed E-state index contributed by atoms with van der Waals surface area (Å²) < 4.78 is 17.6. The Kier molecular flexibility index (Phi) is 9.94. The molecule has 1 unspecified atom stereocenters. The first-order chi connectivity index (χ1) is 9.17. The van der Waals surface area contributed by atoms with Crippen molar-refractivity contribution in [1.82, 2.24) is 0 Å². The number of ether oxygens (including phenoxy) is 1. The molecule has 0 aromatic rings. The van der Waals surface area contributed by atoms with Crippen LogP contribution in [0.15, 0.2) is 0 Å². The first kappa shape index (κ1) is 20.1. The lowest BCUT2D eigenvalue weighted by molar-refractivity contribution is -0.870. The van der Waals surface area contributed by atoms with Crippen molar-refractivity contribution >= 4 is 7.60 Å². The molecule has 0 saturated heterocycles. The van der Waals surface area contributed by atoms with Gasteiger partial charge < -0.3 is 19.0 Å². The molecule has 1 atom stereocenters. The van der Waals surface area contributed by atoms with Crippen LogP contribution in [0.4, 0.5) is 0 Å². The molecule has 0 aromatic carbocycles. The standard InChI is InChI=1S/C14H32NO4P/c1-5-6-7-8-9-10-11-14(20(16,17)18)19-13-12-15(2,3)4/h14H,5-13H2,1-4H3,(H-,16,17,18)/p+1. The van der Waals surface area contributed by atoms with E-state index >= 15 is 0 Å². The molecule has 2 N–H and O–H groups in total. The highest BCUT2D eigenvalue weighted by Crippen LogP contribution is 2.44. The summed E-state index contributed by atoms with van der Waals surface area (Å²) in [5.74, 6) is -0.930. The van der Waals surface area contributed by atoms with E-state index in [-0.39, 0.29) is 0 Å². The van der Waals surface area contributed by atoms with Gasteiger partial charge in [-0.1, -0.05) is 45.4 Å². The van der Waals surface area contributed by atoms with Gasteiger partial charge in [-0.2, -0.15) is 0 Å². The van der Waals surface area contributed by atoms with E-state index in [0.29, 0.717) is 13.0 Å². The van der Waals surface area contributed by atoms with Crippen molar-refractivity contribution in [3.05, 3.63) is 0 Å². The van der Waals surface area contributed by atoms with Crippen LogP contribution in [0.3, 0.4) is 0 Å². The largest absolute Gasteiger partial charge is 0.360 e. The van der Waals surface area contributed by atoms with Gasteiger partial charge in [-0.15, -0.1) is 0 Å². The van der Waals surface area contributed by atoms with E-state index in [1.807, 2.05) is 21.1 Å². The molecule has 0 radical (unpaired) electrons. The van der Waals surface area contributed by atoms with Gasteiger partial charge in [-0.3, -0.25) is 4.57 Å². The molecule has 0 aromatic heterocycles. The van der Waals surface area contributed by atoms with Gasteiger partial charge >= 0.3 is 7.60 Å². The van der Waals surface area contributed by atoms with Crippen LogP contribution in [-0.4, -0.2) is 54.4 Å². The average molecular weight is 310 g/mol. The fourth-order valence-corrected chi connectivity index (χ4v) is 2.73. The molecule has 0 aliphatic rings. The van der Waals surface area contributed by atoms with Gasteiger partial charge in [0.15, 0.2) is 5.85 Å². The minimum Gasteiger partial charge on any atom is -0.360 e. The fourth-order valence-electron chi connectivity index (χ4n) is 1.91. The maximum atomic E-state index is 11.4.